The Morgan fingerprint density at radius 3 is 2.57 bits per heavy atom. The summed E-state index contributed by atoms with van der Waals surface area (Å²) < 4.78 is 6.17. The highest BCUT2D eigenvalue weighted by Gasteiger charge is 2.19. The van der Waals surface area contributed by atoms with Crippen LogP contribution in [0.3, 0.4) is 0 Å². The number of fused-ring (bicyclic) bond motifs is 1. The van der Waals surface area contributed by atoms with Gasteiger partial charge in [0.15, 0.2) is 0 Å². The van der Waals surface area contributed by atoms with Crippen LogP contribution in [0, 0.1) is 0 Å². The lowest BCUT2D eigenvalue weighted by Gasteiger charge is -2.05. The second-order valence-electron chi connectivity index (χ2n) is 9.19. The van der Waals surface area contributed by atoms with E-state index in [0.717, 1.165) is 88.9 Å². The van der Waals surface area contributed by atoms with Gasteiger partial charge >= 0.3 is 0 Å². The molecule has 2 aromatic carbocycles. The van der Waals surface area contributed by atoms with E-state index in [2.05, 4.69) is 80.0 Å². The summed E-state index contributed by atoms with van der Waals surface area (Å²) in [6.07, 6.45) is 7.26. The average molecular weight is 467 g/mol. The summed E-state index contributed by atoms with van der Waals surface area (Å²) in [5, 5.41) is 7.95. The van der Waals surface area contributed by atoms with E-state index in [1.807, 2.05) is 18.5 Å². The van der Waals surface area contributed by atoms with Crippen molar-refractivity contribution in [2.75, 3.05) is 13.1 Å². The molecule has 1 aliphatic rings. The first-order valence-corrected chi connectivity index (χ1v) is 12.4. The van der Waals surface area contributed by atoms with Gasteiger partial charge in [0.1, 0.15) is 23.0 Å². The van der Waals surface area contributed by atoms with Gasteiger partial charge in [-0.1, -0.05) is 31.2 Å². The van der Waals surface area contributed by atoms with E-state index in [4.69, 9.17) is 4.42 Å². The van der Waals surface area contributed by atoms with Crippen molar-refractivity contribution < 1.29 is 4.42 Å². The topological polar surface area (TPSA) is 94.6 Å². The van der Waals surface area contributed by atoms with Crippen LogP contribution < -0.4 is 10.6 Å². The highest BCUT2D eigenvalue weighted by Crippen LogP contribution is 2.32. The zero-order chi connectivity index (χ0) is 23.6. The summed E-state index contributed by atoms with van der Waals surface area (Å²) >= 11 is 0. The molecule has 4 heterocycles. The van der Waals surface area contributed by atoms with Gasteiger partial charge in [0.25, 0.3) is 0 Å². The van der Waals surface area contributed by atoms with Crippen LogP contribution in [0.25, 0.3) is 44.8 Å². The summed E-state index contributed by atoms with van der Waals surface area (Å²) in [5.41, 5.74) is 6.20. The van der Waals surface area contributed by atoms with Crippen molar-refractivity contribution in [3.63, 3.8) is 0 Å². The molecule has 0 aliphatic carbocycles. The molecule has 0 saturated carbocycles. The standard InChI is InChI=1S/C28H30N6O/c1-2-11-29-17-27-31-15-23(33-27)18-5-7-19(8-6-18)26-14-21-13-20(9-10-25(21)35-26)24-16-32-28(34-24)22-4-3-12-30-22/h5-10,13-16,22,29-30H,2-4,11-12,17H2,1H3,(H,31,33)(H,32,34)/t22-/m0/s1. The van der Waals surface area contributed by atoms with E-state index in [-0.39, 0.29) is 0 Å². The summed E-state index contributed by atoms with van der Waals surface area (Å²) in [7, 11) is 0. The molecule has 5 aromatic rings. The second kappa shape index (κ2) is 9.52. The molecule has 3 aromatic heterocycles. The lowest BCUT2D eigenvalue weighted by Crippen LogP contribution is -2.14. The maximum absolute atomic E-state index is 6.17. The first-order valence-electron chi connectivity index (χ1n) is 12.4. The van der Waals surface area contributed by atoms with Gasteiger partial charge in [0.2, 0.25) is 0 Å². The second-order valence-corrected chi connectivity index (χ2v) is 9.19. The molecule has 178 valence electrons. The fourth-order valence-electron chi connectivity index (χ4n) is 4.73. The third-order valence-corrected chi connectivity index (χ3v) is 6.64. The lowest BCUT2D eigenvalue weighted by molar-refractivity contribution is 0.613. The summed E-state index contributed by atoms with van der Waals surface area (Å²) in [6.45, 7) is 4.96. The molecule has 7 heteroatoms. The summed E-state index contributed by atoms with van der Waals surface area (Å²) in [6, 6.07) is 17.1. The number of H-pyrrole nitrogens is 2. The minimum absolute atomic E-state index is 0.335. The van der Waals surface area contributed by atoms with Gasteiger partial charge in [-0.05, 0) is 62.2 Å². The maximum atomic E-state index is 6.17. The molecule has 0 unspecified atom stereocenters. The van der Waals surface area contributed by atoms with Gasteiger partial charge < -0.3 is 25.0 Å². The molecule has 7 nitrogen and oxygen atoms in total. The molecule has 1 aliphatic heterocycles. The molecule has 0 spiro atoms. The van der Waals surface area contributed by atoms with Crippen molar-refractivity contribution in [3.05, 3.63) is 72.6 Å². The molecule has 4 N–H and O–H groups in total. The zero-order valence-electron chi connectivity index (χ0n) is 19.9. The van der Waals surface area contributed by atoms with Gasteiger partial charge in [0.05, 0.1) is 36.4 Å². The number of imidazole rings is 2. The highest BCUT2D eigenvalue weighted by atomic mass is 16.3. The van der Waals surface area contributed by atoms with Gasteiger partial charge in [0, 0.05) is 16.5 Å². The molecule has 1 atom stereocenters. The number of nitrogens with zero attached hydrogens (tertiary/aromatic N) is 2. The third kappa shape index (κ3) is 4.52. The van der Waals surface area contributed by atoms with E-state index < -0.39 is 0 Å². The fourth-order valence-corrected chi connectivity index (χ4v) is 4.73. The van der Waals surface area contributed by atoms with E-state index >= 15 is 0 Å². The minimum atomic E-state index is 0.335. The highest BCUT2D eigenvalue weighted by molar-refractivity contribution is 5.87. The van der Waals surface area contributed by atoms with Gasteiger partial charge in [-0.2, -0.15) is 0 Å². The van der Waals surface area contributed by atoms with Gasteiger partial charge in [-0.25, -0.2) is 9.97 Å². The molecular formula is C28H30N6O. The monoisotopic (exact) mass is 466 g/mol. The molecule has 0 radical (unpaired) electrons. The van der Waals surface area contributed by atoms with Crippen molar-refractivity contribution >= 4 is 11.0 Å². The Labute approximate surface area is 204 Å². The first kappa shape index (κ1) is 21.8. The Balaban J connectivity index is 1.20. The normalized spacial score (nSPS) is 15.9. The van der Waals surface area contributed by atoms with Crippen LogP contribution in [0.1, 0.15) is 43.9 Å². The summed E-state index contributed by atoms with van der Waals surface area (Å²) in [4.78, 5) is 16.0. The Hall–Kier alpha value is -3.68. The molecule has 0 bridgehead atoms. The van der Waals surface area contributed by atoms with Crippen LogP contribution >= 0.6 is 0 Å². The van der Waals surface area contributed by atoms with Crippen LogP contribution in [0.4, 0.5) is 0 Å². The zero-order valence-corrected chi connectivity index (χ0v) is 19.9. The van der Waals surface area contributed by atoms with E-state index in [1.165, 1.54) is 6.42 Å². The maximum Gasteiger partial charge on any atom is 0.135 e. The number of rotatable bonds is 8. The Morgan fingerprint density at radius 2 is 1.74 bits per heavy atom. The molecule has 0 amide bonds. The largest absolute Gasteiger partial charge is 0.456 e. The van der Waals surface area contributed by atoms with E-state index in [1.54, 1.807) is 0 Å². The Morgan fingerprint density at radius 1 is 0.943 bits per heavy atom. The number of nitrogens with one attached hydrogen (secondary N) is 4. The smallest absolute Gasteiger partial charge is 0.135 e. The third-order valence-electron chi connectivity index (χ3n) is 6.64. The quantitative estimate of drug-likeness (QED) is 0.217. The Bertz CT molecular complexity index is 1420. The number of furan rings is 1. The van der Waals surface area contributed by atoms with Crippen LogP contribution in [-0.4, -0.2) is 33.0 Å². The number of aromatic amines is 2. The fraction of sp³-hybridized carbons (Fsp3) is 0.286. The van der Waals surface area contributed by atoms with Gasteiger partial charge in [-0.15, -0.1) is 0 Å². The lowest BCUT2D eigenvalue weighted by atomic mass is 10.1. The molecule has 35 heavy (non-hydrogen) atoms. The van der Waals surface area contributed by atoms with Crippen molar-refractivity contribution in [1.29, 1.82) is 0 Å². The number of aromatic nitrogens is 4. The predicted molar refractivity (Wildman–Crippen MR) is 139 cm³/mol. The van der Waals surface area contributed by atoms with Gasteiger partial charge in [-0.3, -0.25) is 0 Å². The van der Waals surface area contributed by atoms with E-state index in [0.29, 0.717) is 6.04 Å². The molecular weight excluding hydrogens is 436 g/mol. The Kier molecular flexibility index (Phi) is 5.94. The first-order chi connectivity index (χ1) is 17.3. The van der Waals surface area contributed by atoms with Crippen LogP contribution in [0.5, 0.6) is 0 Å². The number of benzene rings is 2. The van der Waals surface area contributed by atoms with Crippen LogP contribution in [-0.2, 0) is 6.54 Å². The SMILES string of the molecule is CCCNCc1ncc(-c2ccc(-c3cc4cc(-c5cnc([C@@H]6CCCN6)[nH]5)ccc4o3)cc2)[nH]1. The van der Waals surface area contributed by atoms with Crippen molar-refractivity contribution in [3.8, 4) is 33.8 Å². The van der Waals surface area contributed by atoms with Crippen LogP contribution in [0.15, 0.2) is 65.3 Å². The predicted octanol–water partition coefficient (Wildman–Crippen LogP) is 5.80. The van der Waals surface area contributed by atoms with Crippen molar-refractivity contribution in [1.82, 2.24) is 30.6 Å². The van der Waals surface area contributed by atoms with E-state index in [9.17, 15) is 0 Å². The average Bonchev–Trinajstić information content (AvgIpc) is 3.69. The number of hydrogen-bond acceptors (Lipinski definition) is 5. The minimum Gasteiger partial charge on any atom is -0.456 e. The molecule has 6 rings (SSSR count). The molecule has 1 saturated heterocycles. The molecule has 1 fully saturated rings. The summed E-state index contributed by atoms with van der Waals surface area (Å²) in [5.74, 6) is 2.83. The van der Waals surface area contributed by atoms with Crippen molar-refractivity contribution in [2.24, 2.45) is 0 Å². The van der Waals surface area contributed by atoms with Crippen molar-refractivity contribution in [2.45, 2.75) is 38.8 Å². The number of hydrogen-bond donors (Lipinski definition) is 4. The van der Waals surface area contributed by atoms with Crippen LogP contribution in [0.2, 0.25) is 0 Å².